The lowest BCUT2D eigenvalue weighted by atomic mass is 10.1. The highest BCUT2D eigenvalue weighted by atomic mass is 16.5. The number of para-hydroxylation sites is 2. The molecule has 0 fully saturated rings. The van der Waals surface area contributed by atoms with E-state index in [4.69, 9.17) is 40.5 Å². The van der Waals surface area contributed by atoms with Crippen molar-refractivity contribution in [2.24, 2.45) is 0 Å². The van der Waals surface area contributed by atoms with Gasteiger partial charge in [0.2, 0.25) is 0 Å². The monoisotopic (exact) mass is 690 g/mol. The standard InChI is InChI=1S/C22H21N3O2.C20H17N3O2/c1-25(2)21(13-10-18(14-23)15-24)20-6-4-5-7-22(20)27-16-17-8-11-19(26-3)12-9-17;1-24-16-9-6-14(7-10-16)13-25-19-5-3-2-4-17(19)18-11-8-15(12-21)20(22)23-18/h4-13H,16H2,1-3H3;2-11H,13H2,1H3,(H2,22,23)/b21-13-;. The maximum Gasteiger partial charge on any atom is 0.142 e. The Morgan fingerprint density at radius 2 is 1.23 bits per heavy atom. The van der Waals surface area contributed by atoms with Gasteiger partial charge in [-0.25, -0.2) is 4.98 Å². The molecule has 0 aliphatic rings. The Hall–Kier alpha value is -7.22. The number of aromatic nitrogens is 1. The lowest BCUT2D eigenvalue weighted by molar-refractivity contribution is 0.304. The minimum absolute atomic E-state index is 0.0472. The molecular formula is C42H38N6O4. The number of benzene rings is 4. The summed E-state index contributed by atoms with van der Waals surface area (Å²) >= 11 is 0. The Morgan fingerprint density at radius 3 is 1.75 bits per heavy atom. The summed E-state index contributed by atoms with van der Waals surface area (Å²) in [5, 5.41) is 26.8. The summed E-state index contributed by atoms with van der Waals surface area (Å²) in [6.07, 6.45) is 3.26. The molecule has 1 aromatic heterocycles. The van der Waals surface area contributed by atoms with Crippen molar-refractivity contribution in [3.05, 3.63) is 149 Å². The number of hydrogen-bond acceptors (Lipinski definition) is 10. The quantitative estimate of drug-likeness (QED) is 0.101. The molecule has 0 saturated carbocycles. The number of rotatable bonds is 12. The average molecular weight is 691 g/mol. The molecule has 10 nitrogen and oxygen atoms in total. The first-order valence-electron chi connectivity index (χ1n) is 16.1. The van der Waals surface area contributed by atoms with E-state index in [1.54, 1.807) is 32.4 Å². The molecule has 1 heterocycles. The largest absolute Gasteiger partial charge is 0.497 e. The first-order valence-corrected chi connectivity index (χ1v) is 16.1. The Morgan fingerprint density at radius 1 is 0.692 bits per heavy atom. The van der Waals surface area contributed by atoms with Gasteiger partial charge in [0.25, 0.3) is 0 Å². The van der Waals surface area contributed by atoms with Crippen LogP contribution < -0.4 is 24.7 Å². The van der Waals surface area contributed by atoms with E-state index in [9.17, 15) is 0 Å². The maximum absolute atomic E-state index is 8.98. The summed E-state index contributed by atoms with van der Waals surface area (Å²) in [7, 11) is 7.07. The van der Waals surface area contributed by atoms with Gasteiger partial charge in [-0.15, -0.1) is 0 Å². The smallest absolute Gasteiger partial charge is 0.142 e. The number of anilines is 1. The number of pyridine rings is 1. The third-order valence-corrected chi connectivity index (χ3v) is 7.61. The van der Waals surface area contributed by atoms with Crippen LogP contribution in [-0.4, -0.2) is 38.2 Å². The molecule has 0 bridgehead atoms. The topological polar surface area (TPSA) is 150 Å². The van der Waals surface area contributed by atoms with Crippen LogP contribution in [0.1, 0.15) is 22.3 Å². The average Bonchev–Trinajstić information content (AvgIpc) is 3.19. The lowest BCUT2D eigenvalue weighted by Crippen LogP contribution is -2.11. The Kier molecular flexibility index (Phi) is 13.8. The van der Waals surface area contributed by atoms with Gasteiger partial charge in [-0.05, 0) is 83.9 Å². The number of nitrogens with zero attached hydrogens (tertiary/aromatic N) is 5. The molecule has 260 valence electrons. The third kappa shape index (κ3) is 10.4. The zero-order chi connectivity index (χ0) is 37.3. The minimum Gasteiger partial charge on any atom is -0.497 e. The normalized spacial score (nSPS) is 10.2. The number of ether oxygens (including phenoxy) is 4. The number of nitrogens with two attached hydrogens (primary N) is 1. The Bertz CT molecular complexity index is 2120. The van der Waals surface area contributed by atoms with Crippen molar-refractivity contribution in [3.8, 4) is 52.5 Å². The zero-order valence-electron chi connectivity index (χ0n) is 29.4. The zero-order valence-corrected chi connectivity index (χ0v) is 29.4. The summed E-state index contributed by atoms with van der Waals surface area (Å²) in [5.41, 5.74) is 11.5. The molecular weight excluding hydrogens is 652 g/mol. The van der Waals surface area contributed by atoms with Gasteiger partial charge in [-0.1, -0.05) is 48.5 Å². The van der Waals surface area contributed by atoms with Crippen LogP contribution in [0.5, 0.6) is 23.0 Å². The summed E-state index contributed by atoms with van der Waals surface area (Å²) in [5.74, 6) is 3.24. The van der Waals surface area contributed by atoms with E-state index in [0.717, 1.165) is 45.2 Å². The van der Waals surface area contributed by atoms with Crippen molar-refractivity contribution in [1.29, 1.82) is 15.8 Å². The van der Waals surface area contributed by atoms with Crippen LogP contribution in [0.2, 0.25) is 0 Å². The van der Waals surface area contributed by atoms with E-state index in [1.807, 2.05) is 134 Å². The van der Waals surface area contributed by atoms with Crippen LogP contribution in [0.15, 0.2) is 127 Å². The van der Waals surface area contributed by atoms with Crippen LogP contribution in [-0.2, 0) is 13.2 Å². The number of nitrogen functional groups attached to an aromatic ring is 1. The van der Waals surface area contributed by atoms with E-state index in [1.165, 1.54) is 6.08 Å². The van der Waals surface area contributed by atoms with E-state index in [2.05, 4.69) is 4.98 Å². The second-order valence-corrected chi connectivity index (χ2v) is 11.3. The van der Waals surface area contributed by atoms with Crippen molar-refractivity contribution in [2.75, 3.05) is 34.0 Å². The van der Waals surface area contributed by atoms with Crippen molar-refractivity contribution in [2.45, 2.75) is 13.2 Å². The lowest BCUT2D eigenvalue weighted by Gasteiger charge is -2.20. The van der Waals surface area contributed by atoms with E-state index in [-0.39, 0.29) is 11.4 Å². The highest BCUT2D eigenvalue weighted by Gasteiger charge is 2.12. The van der Waals surface area contributed by atoms with Crippen molar-refractivity contribution in [3.63, 3.8) is 0 Å². The predicted molar refractivity (Wildman–Crippen MR) is 201 cm³/mol. The highest BCUT2D eigenvalue weighted by Crippen LogP contribution is 2.31. The van der Waals surface area contributed by atoms with Gasteiger partial charge in [0.05, 0.1) is 25.5 Å². The summed E-state index contributed by atoms with van der Waals surface area (Å²) < 4.78 is 22.3. The number of methoxy groups -OCH3 is 2. The fourth-order valence-corrected chi connectivity index (χ4v) is 4.83. The minimum atomic E-state index is 0.0472. The fourth-order valence-electron chi connectivity index (χ4n) is 4.83. The molecule has 0 amide bonds. The molecule has 0 radical (unpaired) electrons. The van der Waals surface area contributed by atoms with Gasteiger partial charge >= 0.3 is 0 Å². The Balaban J connectivity index is 0.000000233. The Labute approximate surface area is 304 Å². The summed E-state index contributed by atoms with van der Waals surface area (Å²) in [6, 6.07) is 39.9. The first-order chi connectivity index (χ1) is 25.3. The third-order valence-electron chi connectivity index (χ3n) is 7.61. The second kappa shape index (κ2) is 19.1. The molecule has 0 spiro atoms. The summed E-state index contributed by atoms with van der Waals surface area (Å²) in [4.78, 5) is 6.23. The molecule has 0 aliphatic heterocycles. The van der Waals surface area contributed by atoms with E-state index >= 15 is 0 Å². The number of hydrogen-bond donors (Lipinski definition) is 1. The van der Waals surface area contributed by atoms with Crippen molar-refractivity contribution in [1.82, 2.24) is 9.88 Å². The SMILES string of the molecule is COc1ccc(COc2ccccc2-c2ccc(C#N)c(N)n2)cc1.COc1ccc(COc2ccccc2/C(=C/C=C(C#N)C#N)N(C)C)cc1. The summed E-state index contributed by atoms with van der Waals surface area (Å²) in [6.45, 7) is 0.839. The van der Waals surface area contributed by atoms with E-state index in [0.29, 0.717) is 30.2 Å². The van der Waals surface area contributed by atoms with Crippen molar-refractivity contribution >= 4 is 11.5 Å². The highest BCUT2D eigenvalue weighted by molar-refractivity contribution is 5.71. The van der Waals surface area contributed by atoms with Gasteiger partial charge in [-0.2, -0.15) is 15.8 Å². The van der Waals surface area contributed by atoms with Gasteiger partial charge in [0, 0.05) is 30.9 Å². The maximum atomic E-state index is 8.98. The predicted octanol–water partition coefficient (Wildman–Crippen LogP) is 7.94. The van der Waals surface area contributed by atoms with Crippen LogP contribution in [0.25, 0.3) is 17.0 Å². The number of nitriles is 3. The molecule has 5 rings (SSSR count). The van der Waals surface area contributed by atoms with Crippen molar-refractivity contribution < 1.29 is 18.9 Å². The van der Waals surface area contributed by atoms with Gasteiger partial charge in [-0.3, -0.25) is 0 Å². The molecule has 0 aliphatic carbocycles. The second-order valence-electron chi connectivity index (χ2n) is 11.3. The number of allylic oxidation sites excluding steroid dienone is 3. The molecule has 10 heteroatoms. The molecule has 5 aromatic rings. The van der Waals surface area contributed by atoms with Crippen LogP contribution in [0.4, 0.5) is 5.82 Å². The molecule has 0 unspecified atom stereocenters. The van der Waals surface area contributed by atoms with E-state index < -0.39 is 0 Å². The fraction of sp³-hybridized carbons (Fsp3) is 0.143. The van der Waals surface area contributed by atoms with Gasteiger partial charge in [0.15, 0.2) is 0 Å². The first kappa shape index (κ1) is 37.6. The van der Waals surface area contributed by atoms with Crippen LogP contribution in [0.3, 0.4) is 0 Å². The molecule has 4 aromatic carbocycles. The molecule has 2 N–H and O–H groups in total. The van der Waals surface area contributed by atoms with Gasteiger partial charge in [0.1, 0.15) is 65.8 Å². The molecule has 52 heavy (non-hydrogen) atoms. The molecule has 0 atom stereocenters. The molecule has 0 saturated heterocycles. The van der Waals surface area contributed by atoms with Gasteiger partial charge < -0.3 is 29.6 Å². The van der Waals surface area contributed by atoms with Crippen LogP contribution in [0, 0.1) is 34.0 Å². The van der Waals surface area contributed by atoms with Crippen LogP contribution >= 0.6 is 0 Å².